The maximum absolute atomic E-state index is 4.41. The molecule has 0 bridgehead atoms. The van der Waals surface area contributed by atoms with E-state index in [9.17, 15) is 0 Å². The third-order valence-corrected chi connectivity index (χ3v) is 4.14. The molecule has 1 aliphatic carbocycles. The fourth-order valence-corrected chi connectivity index (χ4v) is 3.12. The van der Waals surface area contributed by atoms with Crippen LogP contribution in [0.4, 0.5) is 0 Å². The van der Waals surface area contributed by atoms with Crippen molar-refractivity contribution in [3.63, 3.8) is 0 Å². The lowest BCUT2D eigenvalue weighted by Gasteiger charge is -2.24. The Bertz CT molecular complexity index is 364. The van der Waals surface area contributed by atoms with Gasteiger partial charge in [0.1, 0.15) is 0 Å². The number of nitrogens with one attached hydrogen (secondary N) is 1. The van der Waals surface area contributed by atoms with Crippen molar-refractivity contribution in [2.75, 3.05) is 0 Å². The van der Waals surface area contributed by atoms with E-state index in [2.05, 4.69) is 37.4 Å². The third-order valence-electron chi connectivity index (χ3n) is 4.14. The molecule has 96 valence electrons. The maximum atomic E-state index is 4.41. The van der Waals surface area contributed by atoms with Crippen LogP contribution in [-0.4, -0.2) is 15.8 Å². The predicted octanol–water partition coefficient (Wildman–Crippen LogP) is 2.96. The predicted molar refractivity (Wildman–Crippen MR) is 70.9 cm³/mol. The highest BCUT2D eigenvalue weighted by molar-refractivity contribution is 5.19. The van der Waals surface area contributed by atoms with Crippen molar-refractivity contribution in [3.8, 4) is 0 Å². The fourth-order valence-electron chi connectivity index (χ4n) is 3.12. The molecule has 0 spiro atoms. The van der Waals surface area contributed by atoms with Gasteiger partial charge < -0.3 is 5.32 Å². The molecular weight excluding hydrogens is 210 g/mol. The first-order valence-electron chi connectivity index (χ1n) is 6.84. The molecule has 1 heterocycles. The summed E-state index contributed by atoms with van der Waals surface area (Å²) in [5.41, 5.74) is 2.48. The highest BCUT2D eigenvalue weighted by atomic mass is 15.3. The first-order valence-corrected chi connectivity index (χ1v) is 6.84. The Labute approximate surface area is 105 Å². The zero-order valence-electron chi connectivity index (χ0n) is 11.5. The molecule has 1 aliphatic rings. The van der Waals surface area contributed by atoms with Crippen LogP contribution >= 0.6 is 0 Å². The van der Waals surface area contributed by atoms with Gasteiger partial charge in [-0.2, -0.15) is 5.10 Å². The number of nitrogens with zero attached hydrogens (tertiary/aromatic N) is 2. The topological polar surface area (TPSA) is 29.9 Å². The monoisotopic (exact) mass is 235 g/mol. The summed E-state index contributed by atoms with van der Waals surface area (Å²) < 4.78 is 1.91. The molecule has 1 aromatic rings. The zero-order valence-corrected chi connectivity index (χ0v) is 11.5. The van der Waals surface area contributed by atoms with E-state index in [-0.39, 0.29) is 0 Å². The van der Waals surface area contributed by atoms with Crippen LogP contribution in [0.25, 0.3) is 0 Å². The van der Waals surface area contributed by atoms with Crippen molar-refractivity contribution in [2.45, 2.75) is 58.5 Å². The van der Waals surface area contributed by atoms with Gasteiger partial charge in [-0.1, -0.05) is 12.8 Å². The average Bonchev–Trinajstić information content (AvgIpc) is 2.87. The normalized spacial score (nSPS) is 20.7. The van der Waals surface area contributed by atoms with E-state index >= 15 is 0 Å². The van der Waals surface area contributed by atoms with Gasteiger partial charge in [0.25, 0.3) is 0 Å². The minimum atomic E-state index is 0.402. The SMILES string of the molecule is Cc1nn(C)cc1C(C)N[C@H](C)C1CCCC1. The van der Waals surface area contributed by atoms with Crippen LogP contribution in [0.2, 0.25) is 0 Å². The van der Waals surface area contributed by atoms with Gasteiger partial charge in [0.05, 0.1) is 5.69 Å². The molecule has 1 fully saturated rings. The molecule has 17 heavy (non-hydrogen) atoms. The molecule has 0 saturated heterocycles. The van der Waals surface area contributed by atoms with Crippen LogP contribution in [0.3, 0.4) is 0 Å². The average molecular weight is 235 g/mol. The molecule has 0 aliphatic heterocycles. The van der Waals surface area contributed by atoms with E-state index in [1.54, 1.807) is 0 Å². The Balaban J connectivity index is 1.96. The molecule has 0 amide bonds. The van der Waals surface area contributed by atoms with E-state index in [1.807, 2.05) is 11.7 Å². The van der Waals surface area contributed by atoms with Gasteiger partial charge in [0.2, 0.25) is 0 Å². The Morgan fingerprint density at radius 3 is 2.53 bits per heavy atom. The Kier molecular flexibility index (Phi) is 3.87. The van der Waals surface area contributed by atoms with Gasteiger partial charge in [-0.15, -0.1) is 0 Å². The van der Waals surface area contributed by atoms with Crippen molar-refractivity contribution >= 4 is 0 Å². The van der Waals surface area contributed by atoms with E-state index in [0.29, 0.717) is 12.1 Å². The number of rotatable bonds is 4. The Morgan fingerprint density at radius 1 is 1.35 bits per heavy atom. The van der Waals surface area contributed by atoms with Crippen molar-refractivity contribution in [3.05, 3.63) is 17.5 Å². The van der Waals surface area contributed by atoms with E-state index in [0.717, 1.165) is 11.6 Å². The second kappa shape index (κ2) is 5.21. The van der Waals surface area contributed by atoms with Gasteiger partial charge in [-0.25, -0.2) is 0 Å². The summed E-state index contributed by atoms with van der Waals surface area (Å²) in [5.74, 6) is 0.870. The standard InChI is InChI=1S/C14H25N3/c1-10(13-7-5-6-8-13)15-11(2)14-9-17(4)16-12(14)3/h9-11,13,15H,5-8H2,1-4H3/t10-,11?/m1/s1. The highest BCUT2D eigenvalue weighted by Crippen LogP contribution is 2.29. The summed E-state index contributed by atoms with van der Waals surface area (Å²) in [6.45, 7) is 6.67. The van der Waals surface area contributed by atoms with Gasteiger partial charge in [0.15, 0.2) is 0 Å². The van der Waals surface area contributed by atoms with E-state index in [4.69, 9.17) is 0 Å². The molecule has 1 unspecified atom stereocenters. The van der Waals surface area contributed by atoms with Crippen molar-refractivity contribution in [1.82, 2.24) is 15.1 Å². The smallest absolute Gasteiger partial charge is 0.0641 e. The Morgan fingerprint density at radius 2 is 2.00 bits per heavy atom. The van der Waals surface area contributed by atoms with Crippen LogP contribution in [0, 0.1) is 12.8 Å². The Hall–Kier alpha value is -0.830. The lowest BCUT2D eigenvalue weighted by molar-refractivity contribution is 0.352. The van der Waals surface area contributed by atoms with Crippen LogP contribution in [-0.2, 0) is 7.05 Å². The lowest BCUT2D eigenvalue weighted by Crippen LogP contribution is -2.34. The summed E-state index contributed by atoms with van der Waals surface area (Å²) in [4.78, 5) is 0. The molecule has 3 nitrogen and oxygen atoms in total. The second-order valence-electron chi connectivity index (χ2n) is 5.57. The molecule has 1 aromatic heterocycles. The summed E-state index contributed by atoms with van der Waals surface area (Å²) in [6, 6.07) is 1.02. The molecule has 2 atom stereocenters. The van der Waals surface area contributed by atoms with Crippen molar-refractivity contribution in [2.24, 2.45) is 13.0 Å². The summed E-state index contributed by atoms with van der Waals surface area (Å²) in [5, 5.41) is 8.15. The molecule has 2 rings (SSSR count). The van der Waals surface area contributed by atoms with Gasteiger partial charge in [-0.05, 0) is 39.5 Å². The van der Waals surface area contributed by atoms with Crippen LogP contribution in [0.15, 0.2) is 6.20 Å². The quantitative estimate of drug-likeness (QED) is 0.869. The molecular formula is C14H25N3. The molecule has 1 N–H and O–H groups in total. The number of hydrogen-bond acceptors (Lipinski definition) is 2. The van der Waals surface area contributed by atoms with Crippen LogP contribution < -0.4 is 5.32 Å². The first kappa shape index (κ1) is 12.6. The second-order valence-corrected chi connectivity index (χ2v) is 5.57. The van der Waals surface area contributed by atoms with Gasteiger partial charge >= 0.3 is 0 Å². The number of aromatic nitrogens is 2. The van der Waals surface area contributed by atoms with Gasteiger partial charge in [-0.3, -0.25) is 4.68 Å². The first-order chi connectivity index (χ1) is 8.08. The maximum Gasteiger partial charge on any atom is 0.0641 e. The van der Waals surface area contributed by atoms with E-state index in [1.165, 1.54) is 31.2 Å². The van der Waals surface area contributed by atoms with Gasteiger partial charge in [0, 0.05) is 30.9 Å². The van der Waals surface area contributed by atoms with E-state index < -0.39 is 0 Å². The third kappa shape index (κ3) is 2.89. The fraction of sp³-hybridized carbons (Fsp3) is 0.786. The van der Waals surface area contributed by atoms with Crippen LogP contribution in [0.5, 0.6) is 0 Å². The zero-order chi connectivity index (χ0) is 12.4. The minimum Gasteiger partial charge on any atom is -0.307 e. The minimum absolute atomic E-state index is 0.402. The molecule has 1 saturated carbocycles. The highest BCUT2D eigenvalue weighted by Gasteiger charge is 2.23. The number of hydrogen-bond donors (Lipinski definition) is 1. The summed E-state index contributed by atoms with van der Waals surface area (Å²) in [7, 11) is 1.99. The van der Waals surface area contributed by atoms with Crippen LogP contribution in [0.1, 0.15) is 56.8 Å². The lowest BCUT2D eigenvalue weighted by atomic mass is 9.98. The molecule has 0 radical (unpaired) electrons. The summed E-state index contributed by atoms with van der Waals surface area (Å²) in [6.07, 6.45) is 7.75. The molecule has 0 aromatic carbocycles. The molecule has 3 heteroatoms. The summed E-state index contributed by atoms with van der Waals surface area (Å²) >= 11 is 0. The largest absolute Gasteiger partial charge is 0.307 e. The van der Waals surface area contributed by atoms with Crippen molar-refractivity contribution < 1.29 is 0 Å². The van der Waals surface area contributed by atoms with Crippen molar-refractivity contribution in [1.29, 1.82) is 0 Å². The number of aryl methyl sites for hydroxylation is 2.